The Morgan fingerprint density at radius 1 is 1.10 bits per heavy atom. The Morgan fingerprint density at radius 3 is 2.27 bits per heavy atom. The third-order valence-electron chi connectivity index (χ3n) is 3.86. The summed E-state index contributed by atoms with van der Waals surface area (Å²) >= 11 is 22.9. The lowest BCUT2D eigenvalue weighted by Gasteiger charge is -2.11. The summed E-state index contributed by atoms with van der Waals surface area (Å²) in [5, 5.41) is 3.72. The molecule has 30 heavy (non-hydrogen) atoms. The summed E-state index contributed by atoms with van der Waals surface area (Å²) < 4.78 is 0. The average Bonchev–Trinajstić information content (AvgIpc) is 2.65. The van der Waals surface area contributed by atoms with Crippen molar-refractivity contribution in [2.75, 3.05) is 0 Å². The summed E-state index contributed by atoms with van der Waals surface area (Å²) in [4.78, 5) is 19.0. The topological polar surface area (TPSA) is 80.9 Å². The molecule has 1 aromatic heterocycles. The lowest BCUT2D eigenvalue weighted by molar-refractivity contribution is -0.117. The number of hydrogen-bond acceptors (Lipinski definition) is 4. The summed E-state index contributed by atoms with van der Waals surface area (Å²) in [6.07, 6.45) is 0.695. The molecule has 3 aromatic rings. The van der Waals surface area contributed by atoms with Gasteiger partial charge in [-0.05, 0) is 42.9 Å². The first-order valence-electron chi connectivity index (χ1n) is 8.76. The maximum absolute atomic E-state index is 9.98. The number of nitrogens with zero attached hydrogens (tertiary/aromatic N) is 2. The van der Waals surface area contributed by atoms with Crippen molar-refractivity contribution in [2.45, 2.75) is 20.3 Å². The van der Waals surface area contributed by atoms with Gasteiger partial charge < -0.3 is 11.1 Å². The van der Waals surface area contributed by atoms with Gasteiger partial charge in [-0.3, -0.25) is 4.79 Å². The van der Waals surface area contributed by atoms with E-state index in [1.54, 1.807) is 18.2 Å². The zero-order valence-electron chi connectivity index (χ0n) is 16.2. The van der Waals surface area contributed by atoms with Gasteiger partial charge in [-0.25, -0.2) is 9.97 Å². The van der Waals surface area contributed by atoms with E-state index in [1.807, 2.05) is 25.1 Å². The van der Waals surface area contributed by atoms with Crippen molar-refractivity contribution in [3.8, 4) is 11.4 Å². The van der Waals surface area contributed by atoms with Gasteiger partial charge >= 0.3 is 0 Å². The molecule has 1 heterocycles. The largest absolute Gasteiger partial charge is 0.376 e. The quantitative estimate of drug-likeness (QED) is 0.388. The molecular formula is C21H19Cl3N4OS. The van der Waals surface area contributed by atoms with Crippen LogP contribution in [0.15, 0.2) is 48.5 Å². The number of halogens is 3. The van der Waals surface area contributed by atoms with E-state index in [0.29, 0.717) is 33.0 Å². The van der Waals surface area contributed by atoms with E-state index in [4.69, 9.17) is 40.5 Å². The number of nitrogens with two attached hydrogens (primary N) is 1. The highest BCUT2D eigenvalue weighted by Gasteiger charge is 2.14. The molecule has 156 valence electrons. The number of benzene rings is 2. The smallest absolute Gasteiger partial charge is 0.222 e. The van der Waals surface area contributed by atoms with Crippen LogP contribution in [0.3, 0.4) is 0 Å². The Labute approximate surface area is 195 Å². The van der Waals surface area contributed by atoms with E-state index in [1.165, 1.54) is 12.5 Å². The SMILES string of the molecule is CC(=O)NC(N)=S.Cc1nc(-c2ccc(Cl)cc2Cl)nc(Cl)c1Cc1ccccc1. The van der Waals surface area contributed by atoms with Gasteiger partial charge in [0.1, 0.15) is 5.15 Å². The van der Waals surface area contributed by atoms with Crippen molar-refractivity contribution in [1.82, 2.24) is 15.3 Å². The Bertz CT molecular complexity index is 1030. The fourth-order valence-corrected chi connectivity index (χ4v) is 3.45. The number of nitrogens with one attached hydrogen (secondary N) is 1. The molecule has 0 aliphatic heterocycles. The molecule has 3 N–H and O–H groups in total. The zero-order valence-corrected chi connectivity index (χ0v) is 19.3. The second-order valence-corrected chi connectivity index (χ2v) is 7.88. The summed E-state index contributed by atoms with van der Waals surface area (Å²) in [5.41, 5.74) is 8.54. The van der Waals surface area contributed by atoms with Crippen molar-refractivity contribution in [3.05, 3.63) is 80.6 Å². The van der Waals surface area contributed by atoms with Gasteiger partial charge in [-0.1, -0.05) is 65.1 Å². The molecule has 0 atom stereocenters. The first-order valence-corrected chi connectivity index (χ1v) is 10.3. The van der Waals surface area contributed by atoms with E-state index in [0.717, 1.165) is 11.3 Å². The predicted molar refractivity (Wildman–Crippen MR) is 127 cm³/mol. The van der Waals surface area contributed by atoms with Gasteiger partial charge in [0, 0.05) is 35.2 Å². The minimum atomic E-state index is -0.229. The third kappa shape index (κ3) is 7.22. The normalized spacial score (nSPS) is 10.0. The molecule has 0 bridgehead atoms. The molecule has 0 saturated carbocycles. The van der Waals surface area contributed by atoms with Gasteiger partial charge in [0.25, 0.3) is 0 Å². The van der Waals surface area contributed by atoms with Gasteiger partial charge in [0.2, 0.25) is 5.91 Å². The molecule has 0 spiro atoms. The molecule has 3 rings (SSSR count). The highest BCUT2D eigenvalue weighted by atomic mass is 35.5. The summed E-state index contributed by atoms with van der Waals surface area (Å²) in [6, 6.07) is 15.3. The number of amides is 1. The molecule has 0 fully saturated rings. The molecular weight excluding hydrogens is 463 g/mol. The van der Waals surface area contributed by atoms with E-state index in [2.05, 4.69) is 39.6 Å². The number of thiocarbonyl (C=S) groups is 1. The second kappa shape index (κ2) is 11.2. The van der Waals surface area contributed by atoms with Crippen LogP contribution in [0.25, 0.3) is 11.4 Å². The molecule has 2 aromatic carbocycles. The summed E-state index contributed by atoms with van der Waals surface area (Å²) in [7, 11) is 0. The van der Waals surface area contributed by atoms with Crippen LogP contribution in [0.4, 0.5) is 0 Å². The molecule has 1 amide bonds. The fraction of sp³-hybridized carbons (Fsp3) is 0.143. The fourth-order valence-electron chi connectivity index (χ4n) is 2.53. The second-order valence-electron chi connectivity index (χ2n) is 6.23. The number of aromatic nitrogens is 2. The van der Waals surface area contributed by atoms with Crippen LogP contribution in [-0.2, 0) is 11.2 Å². The Hall–Kier alpha value is -2.25. The predicted octanol–water partition coefficient (Wildman–Crippen LogP) is 5.37. The van der Waals surface area contributed by atoms with Crippen LogP contribution in [0.5, 0.6) is 0 Å². The number of aryl methyl sites for hydroxylation is 1. The number of carbonyl (C=O) groups excluding carboxylic acids is 1. The molecule has 0 saturated heterocycles. The molecule has 0 radical (unpaired) electrons. The molecule has 5 nitrogen and oxygen atoms in total. The monoisotopic (exact) mass is 480 g/mol. The first kappa shape index (κ1) is 24.0. The van der Waals surface area contributed by atoms with Crippen LogP contribution in [0.1, 0.15) is 23.7 Å². The van der Waals surface area contributed by atoms with Crippen molar-refractivity contribution >= 4 is 58.0 Å². The number of rotatable bonds is 3. The molecule has 0 aliphatic rings. The van der Waals surface area contributed by atoms with Crippen molar-refractivity contribution in [1.29, 1.82) is 0 Å². The van der Waals surface area contributed by atoms with Crippen molar-refractivity contribution in [3.63, 3.8) is 0 Å². The summed E-state index contributed by atoms with van der Waals surface area (Å²) in [6.45, 7) is 3.28. The third-order valence-corrected chi connectivity index (χ3v) is 4.82. The van der Waals surface area contributed by atoms with E-state index in [9.17, 15) is 4.79 Å². The maximum Gasteiger partial charge on any atom is 0.222 e. The highest BCUT2D eigenvalue weighted by Crippen LogP contribution is 2.30. The van der Waals surface area contributed by atoms with E-state index in [-0.39, 0.29) is 11.0 Å². The number of hydrogen-bond donors (Lipinski definition) is 2. The molecule has 0 unspecified atom stereocenters. The van der Waals surface area contributed by atoms with Crippen LogP contribution in [-0.4, -0.2) is 21.0 Å². The maximum atomic E-state index is 9.98. The molecule has 9 heteroatoms. The van der Waals surface area contributed by atoms with Crippen LogP contribution < -0.4 is 11.1 Å². The van der Waals surface area contributed by atoms with Gasteiger partial charge in [-0.2, -0.15) is 0 Å². The van der Waals surface area contributed by atoms with Gasteiger partial charge in [0.15, 0.2) is 10.9 Å². The van der Waals surface area contributed by atoms with Crippen LogP contribution >= 0.6 is 47.0 Å². The highest BCUT2D eigenvalue weighted by molar-refractivity contribution is 7.80. The van der Waals surface area contributed by atoms with E-state index < -0.39 is 0 Å². The molecule has 0 aliphatic carbocycles. The lowest BCUT2D eigenvalue weighted by Crippen LogP contribution is -2.32. The number of carbonyl (C=O) groups is 1. The standard InChI is InChI=1S/C18H13Cl3N2.C3H6N2OS/c1-11-15(9-12-5-3-2-4-6-12)17(21)23-18(22-11)14-8-7-13(19)10-16(14)20;1-2(6)5-3(4)7/h2-8,10H,9H2,1H3;1H3,(H3,4,5,6,7). The lowest BCUT2D eigenvalue weighted by atomic mass is 10.1. The van der Waals surface area contributed by atoms with Crippen molar-refractivity contribution < 1.29 is 4.79 Å². The average molecular weight is 482 g/mol. The van der Waals surface area contributed by atoms with Crippen LogP contribution in [0, 0.1) is 6.92 Å². The zero-order chi connectivity index (χ0) is 22.3. The minimum Gasteiger partial charge on any atom is -0.376 e. The first-order chi connectivity index (χ1) is 14.2. The van der Waals surface area contributed by atoms with Gasteiger partial charge in [0.05, 0.1) is 5.02 Å². The van der Waals surface area contributed by atoms with E-state index >= 15 is 0 Å². The van der Waals surface area contributed by atoms with Crippen LogP contribution in [0.2, 0.25) is 15.2 Å². The van der Waals surface area contributed by atoms with Gasteiger partial charge in [-0.15, -0.1) is 0 Å². The minimum absolute atomic E-state index is 0.0208. The Balaban J connectivity index is 0.000000396. The van der Waals surface area contributed by atoms with Crippen molar-refractivity contribution in [2.24, 2.45) is 5.73 Å². The summed E-state index contributed by atoms with van der Waals surface area (Å²) in [5.74, 6) is 0.276. The Morgan fingerprint density at radius 2 is 1.77 bits per heavy atom. The Kier molecular flexibility index (Phi) is 8.99.